The highest BCUT2D eigenvalue weighted by molar-refractivity contribution is 5.91. The first-order valence-electron chi connectivity index (χ1n) is 9.38. The number of amides is 2. The highest BCUT2D eigenvalue weighted by Crippen LogP contribution is 2.22. The van der Waals surface area contributed by atoms with Gasteiger partial charge in [0.25, 0.3) is 0 Å². The van der Waals surface area contributed by atoms with Gasteiger partial charge in [-0.3, -0.25) is 9.69 Å². The smallest absolute Gasteiger partial charge is 0.414 e. The Morgan fingerprint density at radius 2 is 1.82 bits per heavy atom. The monoisotopic (exact) mass is 374 g/mol. The molecule has 1 aliphatic rings. The molecule has 0 spiro atoms. The number of nitrogens with zero attached hydrogens (tertiary/aromatic N) is 1. The second kappa shape index (κ2) is 7.72. The van der Waals surface area contributed by atoms with Crippen molar-refractivity contribution in [3.63, 3.8) is 0 Å². The van der Waals surface area contributed by atoms with E-state index in [-0.39, 0.29) is 18.1 Å². The predicted molar refractivity (Wildman–Crippen MR) is 109 cm³/mol. The Bertz CT molecular complexity index is 1010. The largest absolute Gasteiger partial charge is 0.442 e. The van der Waals surface area contributed by atoms with E-state index in [0.717, 1.165) is 27.6 Å². The van der Waals surface area contributed by atoms with Crippen LogP contribution in [-0.4, -0.2) is 31.2 Å². The van der Waals surface area contributed by atoms with Crippen LogP contribution in [0.15, 0.2) is 66.7 Å². The van der Waals surface area contributed by atoms with Gasteiger partial charge in [-0.15, -0.1) is 0 Å². The van der Waals surface area contributed by atoms with Gasteiger partial charge in [0.15, 0.2) is 0 Å². The first kappa shape index (κ1) is 18.0. The van der Waals surface area contributed by atoms with Gasteiger partial charge in [0.05, 0.1) is 19.5 Å². The van der Waals surface area contributed by atoms with E-state index >= 15 is 0 Å². The first-order chi connectivity index (χ1) is 13.6. The van der Waals surface area contributed by atoms with Crippen LogP contribution < -0.4 is 10.2 Å². The summed E-state index contributed by atoms with van der Waals surface area (Å²) < 4.78 is 5.40. The molecule has 1 heterocycles. The van der Waals surface area contributed by atoms with Crippen molar-refractivity contribution in [2.45, 2.75) is 19.4 Å². The van der Waals surface area contributed by atoms with Crippen molar-refractivity contribution in [3.05, 3.63) is 77.9 Å². The van der Waals surface area contributed by atoms with Crippen molar-refractivity contribution in [2.24, 2.45) is 0 Å². The lowest BCUT2D eigenvalue weighted by Crippen LogP contribution is -2.35. The summed E-state index contributed by atoms with van der Waals surface area (Å²) in [4.78, 5) is 26.2. The summed E-state index contributed by atoms with van der Waals surface area (Å²) in [5.74, 6) is -0.0822. The molecule has 4 rings (SSSR count). The minimum Gasteiger partial charge on any atom is -0.442 e. The number of carbonyl (C=O) groups is 2. The second-order valence-corrected chi connectivity index (χ2v) is 7.07. The van der Waals surface area contributed by atoms with Crippen molar-refractivity contribution in [1.82, 2.24) is 5.32 Å². The van der Waals surface area contributed by atoms with Crippen molar-refractivity contribution < 1.29 is 14.3 Å². The van der Waals surface area contributed by atoms with E-state index in [1.807, 2.05) is 73.7 Å². The molecule has 1 aliphatic heterocycles. The van der Waals surface area contributed by atoms with Gasteiger partial charge >= 0.3 is 6.09 Å². The lowest BCUT2D eigenvalue weighted by atomic mass is 10.0. The zero-order valence-corrected chi connectivity index (χ0v) is 15.7. The van der Waals surface area contributed by atoms with Crippen molar-refractivity contribution >= 4 is 28.5 Å². The Labute approximate surface area is 163 Å². The minimum atomic E-state index is -0.378. The maximum absolute atomic E-state index is 12.4. The number of nitrogens with one attached hydrogen (secondary N) is 1. The standard InChI is InChI=1S/C23H22N2O3/c1-16-9-11-19(12-10-16)25-15-20(28-23(25)27)14-24-22(26)13-18-7-4-6-17-5-2-3-8-21(17)18/h2-12,20H,13-15H2,1H3,(H,24,26)/t20-/m0/s1. The molecule has 5 nitrogen and oxygen atoms in total. The number of rotatable bonds is 5. The summed E-state index contributed by atoms with van der Waals surface area (Å²) in [5, 5.41) is 5.10. The fourth-order valence-corrected chi connectivity index (χ4v) is 3.47. The number of benzene rings is 3. The lowest BCUT2D eigenvalue weighted by molar-refractivity contribution is -0.120. The van der Waals surface area contributed by atoms with Gasteiger partial charge < -0.3 is 10.1 Å². The fourth-order valence-electron chi connectivity index (χ4n) is 3.47. The summed E-state index contributed by atoms with van der Waals surface area (Å²) in [6, 6.07) is 21.7. The maximum atomic E-state index is 12.4. The zero-order chi connectivity index (χ0) is 19.5. The first-order valence-corrected chi connectivity index (χ1v) is 9.38. The Hall–Kier alpha value is -3.34. The number of aryl methyl sites for hydroxylation is 1. The molecule has 142 valence electrons. The molecule has 1 atom stereocenters. The molecule has 5 heteroatoms. The van der Waals surface area contributed by atoms with Gasteiger partial charge in [0.2, 0.25) is 5.91 Å². The van der Waals surface area contributed by atoms with Crippen LogP contribution in [0.4, 0.5) is 10.5 Å². The van der Waals surface area contributed by atoms with E-state index in [9.17, 15) is 9.59 Å². The third kappa shape index (κ3) is 3.83. The highest BCUT2D eigenvalue weighted by atomic mass is 16.6. The normalized spacial score (nSPS) is 16.2. The van der Waals surface area contributed by atoms with Crippen LogP contribution in [-0.2, 0) is 16.0 Å². The minimum absolute atomic E-state index is 0.0822. The van der Waals surface area contributed by atoms with E-state index in [2.05, 4.69) is 5.32 Å². The van der Waals surface area contributed by atoms with Crippen molar-refractivity contribution in [3.8, 4) is 0 Å². The van der Waals surface area contributed by atoms with E-state index in [1.54, 1.807) is 4.90 Å². The number of hydrogen-bond donors (Lipinski definition) is 1. The number of anilines is 1. The van der Waals surface area contributed by atoms with Crippen LogP contribution in [0, 0.1) is 6.92 Å². The quantitative estimate of drug-likeness (QED) is 0.738. The molecule has 0 saturated carbocycles. The van der Waals surface area contributed by atoms with Crippen LogP contribution in [0.1, 0.15) is 11.1 Å². The van der Waals surface area contributed by atoms with Crippen LogP contribution in [0.3, 0.4) is 0 Å². The number of fused-ring (bicyclic) bond motifs is 1. The number of cyclic esters (lactones) is 1. The molecular weight excluding hydrogens is 352 g/mol. The van der Waals surface area contributed by atoms with Crippen LogP contribution in [0.25, 0.3) is 10.8 Å². The van der Waals surface area contributed by atoms with E-state index in [4.69, 9.17) is 4.74 Å². The predicted octanol–water partition coefficient (Wildman–Crippen LogP) is 3.83. The average molecular weight is 374 g/mol. The summed E-state index contributed by atoms with van der Waals surface area (Å²) >= 11 is 0. The van der Waals surface area contributed by atoms with E-state index < -0.39 is 0 Å². The number of carbonyl (C=O) groups excluding carboxylic acids is 2. The van der Waals surface area contributed by atoms with Gasteiger partial charge in [-0.25, -0.2) is 4.79 Å². The highest BCUT2D eigenvalue weighted by Gasteiger charge is 2.32. The summed E-state index contributed by atoms with van der Waals surface area (Å²) in [6.45, 7) is 2.73. The Balaban J connectivity index is 1.35. The fraction of sp³-hybridized carbons (Fsp3) is 0.217. The maximum Gasteiger partial charge on any atom is 0.414 e. The number of hydrogen-bond acceptors (Lipinski definition) is 3. The molecule has 2 amide bonds. The van der Waals surface area contributed by atoms with Gasteiger partial charge in [-0.2, -0.15) is 0 Å². The zero-order valence-electron chi connectivity index (χ0n) is 15.7. The van der Waals surface area contributed by atoms with Gasteiger partial charge in [-0.05, 0) is 35.4 Å². The van der Waals surface area contributed by atoms with Gasteiger partial charge in [-0.1, -0.05) is 60.2 Å². The molecule has 0 aromatic heterocycles. The van der Waals surface area contributed by atoms with Gasteiger partial charge in [0.1, 0.15) is 6.10 Å². The van der Waals surface area contributed by atoms with Crippen LogP contribution >= 0.6 is 0 Å². The molecule has 0 bridgehead atoms. The Kier molecular flexibility index (Phi) is 4.98. The summed E-state index contributed by atoms with van der Waals surface area (Å²) in [6.07, 6.45) is -0.439. The van der Waals surface area contributed by atoms with Crippen LogP contribution in [0.5, 0.6) is 0 Å². The van der Waals surface area contributed by atoms with E-state index in [0.29, 0.717) is 19.5 Å². The molecule has 1 saturated heterocycles. The molecule has 28 heavy (non-hydrogen) atoms. The van der Waals surface area contributed by atoms with Crippen molar-refractivity contribution in [2.75, 3.05) is 18.0 Å². The molecule has 3 aromatic rings. The molecule has 0 aliphatic carbocycles. The molecule has 0 radical (unpaired) electrons. The van der Waals surface area contributed by atoms with E-state index in [1.165, 1.54) is 0 Å². The average Bonchev–Trinajstić information content (AvgIpc) is 3.08. The summed E-state index contributed by atoms with van der Waals surface area (Å²) in [5.41, 5.74) is 2.93. The Morgan fingerprint density at radius 3 is 2.64 bits per heavy atom. The molecule has 0 unspecified atom stereocenters. The Morgan fingerprint density at radius 1 is 1.07 bits per heavy atom. The molecule has 1 N–H and O–H groups in total. The molecule has 1 fully saturated rings. The third-order valence-corrected chi connectivity index (χ3v) is 4.98. The third-order valence-electron chi connectivity index (χ3n) is 4.98. The topological polar surface area (TPSA) is 58.6 Å². The van der Waals surface area contributed by atoms with Crippen molar-refractivity contribution in [1.29, 1.82) is 0 Å². The molecule has 3 aromatic carbocycles. The van der Waals surface area contributed by atoms with Gasteiger partial charge in [0, 0.05) is 5.69 Å². The lowest BCUT2D eigenvalue weighted by Gasteiger charge is -2.13. The molecular formula is C23H22N2O3. The number of ether oxygens (including phenoxy) is 1. The van der Waals surface area contributed by atoms with Crippen LogP contribution in [0.2, 0.25) is 0 Å². The summed E-state index contributed by atoms with van der Waals surface area (Å²) in [7, 11) is 0. The SMILES string of the molecule is Cc1ccc(N2C[C@H](CNC(=O)Cc3cccc4ccccc34)OC2=O)cc1. The second-order valence-electron chi connectivity index (χ2n) is 7.07.